The molecule has 2 aromatic carbocycles. The molecule has 0 bridgehead atoms. The number of carbonyl (C=O) groups excluding carboxylic acids is 2. The maximum absolute atomic E-state index is 12.5. The smallest absolute Gasteiger partial charge is 0.271 e. The highest BCUT2D eigenvalue weighted by Gasteiger charge is 2.29. The van der Waals surface area contributed by atoms with Crippen LogP contribution in [0.1, 0.15) is 5.69 Å². The molecule has 0 atom stereocenters. The Morgan fingerprint density at radius 3 is 2.77 bits per heavy atom. The van der Waals surface area contributed by atoms with Gasteiger partial charge in [0.25, 0.3) is 11.6 Å². The standard InChI is InChI=1S/C20H16N4O5S2/c1-12-11-30-20(21-12)31-15-5-2-13(3-6-15)22-18(25)9-23-16-8-14(24(27)28)4-7-17(16)29-10-19(23)26/h2-8,11H,9-10H2,1H3,(H,22,25). The lowest BCUT2D eigenvalue weighted by Gasteiger charge is -2.28. The lowest BCUT2D eigenvalue weighted by Crippen LogP contribution is -2.43. The van der Waals surface area contributed by atoms with Crippen LogP contribution in [0.25, 0.3) is 0 Å². The predicted octanol–water partition coefficient (Wildman–Crippen LogP) is 3.88. The van der Waals surface area contributed by atoms with Gasteiger partial charge in [0.2, 0.25) is 5.91 Å². The van der Waals surface area contributed by atoms with Gasteiger partial charge in [-0.25, -0.2) is 4.98 Å². The summed E-state index contributed by atoms with van der Waals surface area (Å²) in [5.41, 5.74) is 1.56. The third kappa shape index (κ3) is 4.84. The minimum Gasteiger partial charge on any atom is -0.482 e. The van der Waals surface area contributed by atoms with Crippen LogP contribution in [-0.4, -0.2) is 34.9 Å². The lowest BCUT2D eigenvalue weighted by atomic mass is 10.2. The van der Waals surface area contributed by atoms with E-state index in [1.807, 2.05) is 24.4 Å². The lowest BCUT2D eigenvalue weighted by molar-refractivity contribution is -0.384. The second-order valence-electron chi connectivity index (χ2n) is 6.61. The Hall–Kier alpha value is -3.44. The molecule has 1 N–H and O–H groups in total. The first-order valence-corrected chi connectivity index (χ1v) is 10.8. The van der Waals surface area contributed by atoms with Gasteiger partial charge < -0.3 is 10.1 Å². The zero-order valence-corrected chi connectivity index (χ0v) is 17.9. The highest BCUT2D eigenvalue weighted by atomic mass is 32.2. The van der Waals surface area contributed by atoms with E-state index in [4.69, 9.17) is 4.74 Å². The van der Waals surface area contributed by atoms with Crippen molar-refractivity contribution in [3.63, 3.8) is 0 Å². The van der Waals surface area contributed by atoms with Crippen LogP contribution >= 0.6 is 23.1 Å². The summed E-state index contributed by atoms with van der Waals surface area (Å²) in [5, 5.41) is 15.8. The normalized spacial score (nSPS) is 12.8. The highest BCUT2D eigenvalue weighted by molar-refractivity contribution is 8.01. The van der Waals surface area contributed by atoms with Crippen molar-refractivity contribution in [2.24, 2.45) is 0 Å². The number of nitro groups is 1. The number of carbonyl (C=O) groups is 2. The van der Waals surface area contributed by atoms with E-state index in [-0.39, 0.29) is 24.5 Å². The molecule has 1 aliphatic heterocycles. The van der Waals surface area contributed by atoms with Gasteiger partial charge >= 0.3 is 0 Å². The minimum absolute atomic E-state index is 0.189. The summed E-state index contributed by atoms with van der Waals surface area (Å²) in [4.78, 5) is 41.9. The Morgan fingerprint density at radius 2 is 2.10 bits per heavy atom. The van der Waals surface area contributed by atoms with E-state index in [1.165, 1.54) is 34.9 Å². The summed E-state index contributed by atoms with van der Waals surface area (Å²) in [5.74, 6) is -0.561. The number of fused-ring (bicyclic) bond motifs is 1. The number of amides is 2. The molecule has 0 saturated heterocycles. The average molecular weight is 457 g/mol. The van der Waals surface area contributed by atoms with Crippen LogP contribution in [0.4, 0.5) is 17.1 Å². The predicted molar refractivity (Wildman–Crippen MR) is 117 cm³/mol. The molecule has 1 aromatic heterocycles. The number of ether oxygens (including phenoxy) is 1. The topological polar surface area (TPSA) is 115 Å². The maximum atomic E-state index is 12.5. The molecule has 0 spiro atoms. The molecule has 2 amide bonds. The average Bonchev–Trinajstić information content (AvgIpc) is 3.15. The molecule has 31 heavy (non-hydrogen) atoms. The van der Waals surface area contributed by atoms with Gasteiger partial charge in [-0.2, -0.15) is 0 Å². The van der Waals surface area contributed by atoms with E-state index in [9.17, 15) is 19.7 Å². The number of non-ortho nitro benzene ring substituents is 1. The zero-order chi connectivity index (χ0) is 22.0. The highest BCUT2D eigenvalue weighted by Crippen LogP contribution is 2.35. The van der Waals surface area contributed by atoms with Gasteiger partial charge in [0.15, 0.2) is 10.9 Å². The van der Waals surface area contributed by atoms with Crippen LogP contribution in [0.3, 0.4) is 0 Å². The molecular formula is C20H16N4O5S2. The largest absolute Gasteiger partial charge is 0.482 e. The summed E-state index contributed by atoms with van der Waals surface area (Å²) >= 11 is 3.10. The van der Waals surface area contributed by atoms with Crippen molar-refractivity contribution in [2.45, 2.75) is 16.2 Å². The summed E-state index contributed by atoms with van der Waals surface area (Å²) in [6.07, 6.45) is 0. The van der Waals surface area contributed by atoms with E-state index < -0.39 is 16.7 Å². The van der Waals surface area contributed by atoms with Crippen LogP contribution < -0.4 is 15.0 Å². The first kappa shape index (κ1) is 20.8. The molecule has 3 aromatic rings. The molecule has 0 saturated carbocycles. The Morgan fingerprint density at radius 1 is 1.32 bits per heavy atom. The minimum atomic E-state index is -0.565. The molecule has 9 nitrogen and oxygen atoms in total. The number of anilines is 2. The van der Waals surface area contributed by atoms with Gasteiger partial charge in [-0.1, -0.05) is 11.8 Å². The first-order valence-electron chi connectivity index (χ1n) is 9.10. The van der Waals surface area contributed by atoms with Crippen molar-refractivity contribution in [1.82, 2.24) is 4.98 Å². The second-order valence-corrected chi connectivity index (χ2v) is 8.79. The number of hydrogen-bond donors (Lipinski definition) is 1. The molecule has 2 heterocycles. The van der Waals surface area contributed by atoms with Crippen LogP contribution in [-0.2, 0) is 9.59 Å². The number of aryl methyl sites for hydroxylation is 1. The molecule has 158 valence electrons. The monoisotopic (exact) mass is 456 g/mol. The maximum Gasteiger partial charge on any atom is 0.271 e. The SMILES string of the molecule is Cc1csc(Sc2ccc(NC(=O)CN3C(=O)COc4ccc([N+](=O)[O-])cc43)cc2)n1. The fourth-order valence-corrected chi connectivity index (χ4v) is 4.72. The number of aromatic nitrogens is 1. The van der Waals surface area contributed by atoms with E-state index in [2.05, 4.69) is 10.3 Å². The van der Waals surface area contributed by atoms with Gasteiger partial charge in [0.1, 0.15) is 12.3 Å². The third-order valence-corrected chi connectivity index (χ3v) is 6.40. The summed E-state index contributed by atoms with van der Waals surface area (Å²) in [7, 11) is 0. The van der Waals surface area contributed by atoms with Crippen LogP contribution in [0.5, 0.6) is 5.75 Å². The quantitative estimate of drug-likeness (QED) is 0.442. The molecule has 1 aliphatic rings. The molecule has 0 aliphatic carbocycles. The first-order chi connectivity index (χ1) is 14.9. The van der Waals surface area contributed by atoms with Crippen molar-refractivity contribution < 1.29 is 19.2 Å². The Balaban J connectivity index is 1.43. The van der Waals surface area contributed by atoms with Gasteiger partial charge in [-0.3, -0.25) is 24.6 Å². The second kappa shape index (κ2) is 8.74. The van der Waals surface area contributed by atoms with Crippen molar-refractivity contribution in [3.8, 4) is 5.75 Å². The van der Waals surface area contributed by atoms with Crippen LogP contribution in [0.2, 0.25) is 0 Å². The Bertz CT molecular complexity index is 1160. The number of nitrogens with zero attached hydrogens (tertiary/aromatic N) is 3. The number of benzene rings is 2. The number of nitro benzene ring substituents is 1. The van der Waals surface area contributed by atoms with Crippen molar-refractivity contribution >= 4 is 52.0 Å². The van der Waals surface area contributed by atoms with Crippen molar-refractivity contribution in [1.29, 1.82) is 0 Å². The van der Waals surface area contributed by atoms with E-state index in [0.29, 0.717) is 11.4 Å². The number of rotatable bonds is 6. The van der Waals surface area contributed by atoms with Crippen LogP contribution in [0, 0.1) is 17.0 Å². The van der Waals surface area contributed by atoms with Gasteiger partial charge in [0, 0.05) is 33.8 Å². The fourth-order valence-electron chi connectivity index (χ4n) is 2.91. The molecule has 0 radical (unpaired) electrons. The van der Waals surface area contributed by atoms with E-state index >= 15 is 0 Å². The summed E-state index contributed by atoms with van der Waals surface area (Å²) in [6.45, 7) is 1.42. The zero-order valence-electron chi connectivity index (χ0n) is 16.2. The fraction of sp³-hybridized carbons (Fsp3) is 0.150. The third-order valence-electron chi connectivity index (χ3n) is 4.34. The van der Waals surface area contributed by atoms with E-state index in [0.717, 1.165) is 14.9 Å². The molecule has 4 rings (SSSR count). The molecule has 0 unspecified atom stereocenters. The summed E-state index contributed by atoms with van der Waals surface area (Å²) < 4.78 is 6.25. The Kier molecular flexibility index (Phi) is 5.87. The number of thiazole rings is 1. The molecular weight excluding hydrogens is 440 g/mol. The summed E-state index contributed by atoms with van der Waals surface area (Å²) in [6, 6.07) is 11.2. The van der Waals surface area contributed by atoms with Gasteiger partial charge in [-0.05, 0) is 37.3 Å². The Labute approximate surface area is 185 Å². The van der Waals surface area contributed by atoms with Gasteiger partial charge in [-0.15, -0.1) is 11.3 Å². The molecule has 0 fully saturated rings. The van der Waals surface area contributed by atoms with Crippen molar-refractivity contribution in [2.75, 3.05) is 23.4 Å². The van der Waals surface area contributed by atoms with Gasteiger partial charge in [0.05, 0.1) is 10.6 Å². The number of hydrogen-bond acceptors (Lipinski definition) is 8. The molecule has 11 heteroatoms. The van der Waals surface area contributed by atoms with Crippen LogP contribution in [0.15, 0.2) is 57.1 Å². The van der Waals surface area contributed by atoms with E-state index in [1.54, 1.807) is 23.5 Å². The number of nitrogens with one attached hydrogen (secondary N) is 1. The van der Waals surface area contributed by atoms with Crippen molar-refractivity contribution in [3.05, 3.63) is 63.7 Å².